The summed E-state index contributed by atoms with van der Waals surface area (Å²) in [6.07, 6.45) is 0. The first kappa shape index (κ1) is 19.5. The molecule has 1 aliphatic heterocycles. The van der Waals surface area contributed by atoms with Crippen LogP contribution >= 0.6 is 23.2 Å². The van der Waals surface area contributed by atoms with Gasteiger partial charge in [0, 0.05) is 32.2 Å². The van der Waals surface area contributed by atoms with Crippen LogP contribution in [0.25, 0.3) is 0 Å². The van der Waals surface area contributed by atoms with Crippen molar-refractivity contribution in [2.45, 2.75) is 24.8 Å². The molecule has 0 radical (unpaired) electrons. The average molecular weight is 394 g/mol. The Morgan fingerprint density at radius 2 is 1.75 bits per heavy atom. The van der Waals surface area contributed by atoms with Crippen molar-refractivity contribution in [3.8, 4) is 0 Å². The fourth-order valence-corrected chi connectivity index (χ4v) is 4.64. The number of piperazine rings is 1. The van der Waals surface area contributed by atoms with E-state index in [1.165, 1.54) is 16.4 Å². The van der Waals surface area contributed by atoms with E-state index in [-0.39, 0.29) is 45.9 Å². The van der Waals surface area contributed by atoms with Gasteiger partial charge in [0.1, 0.15) is 4.90 Å². The minimum atomic E-state index is -3.75. The molecule has 1 heterocycles. The molecule has 0 spiro atoms. The van der Waals surface area contributed by atoms with Crippen molar-refractivity contribution >= 4 is 39.1 Å². The minimum absolute atomic E-state index is 0.0135. The molecule has 0 bridgehead atoms. The van der Waals surface area contributed by atoms with Gasteiger partial charge in [0.05, 0.1) is 16.0 Å². The molecule has 1 amide bonds. The first-order valence-electron chi connectivity index (χ1n) is 7.64. The lowest BCUT2D eigenvalue weighted by molar-refractivity contribution is -0.136. The second-order valence-electron chi connectivity index (χ2n) is 5.93. The van der Waals surface area contributed by atoms with E-state index >= 15 is 0 Å². The molecule has 0 saturated carbocycles. The third kappa shape index (κ3) is 3.86. The number of rotatable bonds is 4. The molecule has 1 fully saturated rings. The molecular formula is C15H21Cl2N3O3S. The highest BCUT2D eigenvalue weighted by Crippen LogP contribution is 2.31. The molecular weight excluding hydrogens is 373 g/mol. The zero-order valence-electron chi connectivity index (χ0n) is 13.6. The monoisotopic (exact) mass is 393 g/mol. The zero-order chi connectivity index (χ0) is 18.1. The van der Waals surface area contributed by atoms with Crippen LogP contribution in [0.3, 0.4) is 0 Å². The van der Waals surface area contributed by atoms with E-state index in [2.05, 4.69) is 0 Å². The van der Waals surface area contributed by atoms with Gasteiger partial charge >= 0.3 is 0 Å². The lowest BCUT2D eigenvalue weighted by atomic mass is 10.0. The highest BCUT2D eigenvalue weighted by Gasteiger charge is 2.33. The second-order valence-corrected chi connectivity index (χ2v) is 8.62. The molecule has 0 aromatic heterocycles. The fourth-order valence-electron chi connectivity index (χ4n) is 2.48. The lowest BCUT2D eigenvalue weighted by Gasteiger charge is -2.36. The smallest absolute Gasteiger partial charge is 0.244 e. The number of hydrogen-bond acceptors (Lipinski definition) is 4. The van der Waals surface area contributed by atoms with Crippen LogP contribution < -0.4 is 5.73 Å². The summed E-state index contributed by atoms with van der Waals surface area (Å²) in [5.41, 5.74) is 5.77. The maximum atomic E-state index is 12.7. The highest BCUT2D eigenvalue weighted by molar-refractivity contribution is 7.89. The van der Waals surface area contributed by atoms with E-state index < -0.39 is 10.0 Å². The van der Waals surface area contributed by atoms with Gasteiger partial charge in [-0.15, -0.1) is 0 Å². The molecule has 2 N–H and O–H groups in total. The third-order valence-electron chi connectivity index (χ3n) is 4.26. The van der Waals surface area contributed by atoms with Gasteiger partial charge in [0.15, 0.2) is 0 Å². The van der Waals surface area contributed by atoms with Crippen molar-refractivity contribution < 1.29 is 13.2 Å². The maximum absolute atomic E-state index is 12.7. The Kier molecular flexibility index (Phi) is 6.14. The molecule has 2 rings (SSSR count). The van der Waals surface area contributed by atoms with Gasteiger partial charge < -0.3 is 10.6 Å². The Balaban J connectivity index is 2.11. The number of carbonyl (C=O) groups excluding carboxylic acids is 1. The Morgan fingerprint density at radius 3 is 2.29 bits per heavy atom. The third-order valence-corrected chi connectivity index (χ3v) is 7.13. The van der Waals surface area contributed by atoms with Crippen LogP contribution in [-0.2, 0) is 14.8 Å². The van der Waals surface area contributed by atoms with Crippen LogP contribution in [0.5, 0.6) is 0 Å². The minimum Gasteiger partial charge on any atom is -0.340 e. The Morgan fingerprint density at radius 1 is 1.17 bits per heavy atom. The molecule has 2 unspecified atom stereocenters. The number of amides is 1. The Bertz CT molecular complexity index is 717. The molecule has 1 saturated heterocycles. The molecule has 9 heteroatoms. The molecule has 0 aliphatic carbocycles. The van der Waals surface area contributed by atoms with Gasteiger partial charge in [0.25, 0.3) is 0 Å². The van der Waals surface area contributed by atoms with Crippen LogP contribution in [0, 0.1) is 5.92 Å². The van der Waals surface area contributed by atoms with Crippen molar-refractivity contribution in [3.63, 3.8) is 0 Å². The van der Waals surface area contributed by atoms with E-state index in [4.69, 9.17) is 28.9 Å². The predicted octanol–water partition coefficient (Wildman–Crippen LogP) is 1.81. The van der Waals surface area contributed by atoms with Crippen molar-refractivity contribution in [2.24, 2.45) is 11.7 Å². The van der Waals surface area contributed by atoms with Gasteiger partial charge in [-0.2, -0.15) is 4.31 Å². The Labute approximate surface area is 152 Å². The summed E-state index contributed by atoms with van der Waals surface area (Å²) in [6, 6.07) is 4.27. The summed E-state index contributed by atoms with van der Waals surface area (Å²) in [5.74, 6) is -0.349. The summed E-state index contributed by atoms with van der Waals surface area (Å²) >= 11 is 11.9. The number of hydrogen-bond donors (Lipinski definition) is 1. The van der Waals surface area contributed by atoms with Crippen molar-refractivity contribution in [1.82, 2.24) is 9.21 Å². The largest absolute Gasteiger partial charge is 0.340 e. The van der Waals surface area contributed by atoms with Gasteiger partial charge in [0.2, 0.25) is 15.9 Å². The van der Waals surface area contributed by atoms with E-state index in [0.717, 1.165) is 0 Å². The van der Waals surface area contributed by atoms with Crippen molar-refractivity contribution in [3.05, 3.63) is 28.2 Å². The summed E-state index contributed by atoms with van der Waals surface area (Å²) < 4.78 is 26.8. The van der Waals surface area contributed by atoms with E-state index in [9.17, 15) is 13.2 Å². The first-order valence-corrected chi connectivity index (χ1v) is 9.84. The fraction of sp³-hybridized carbons (Fsp3) is 0.533. The SMILES string of the molecule is CC(N)C(C)C(=O)N1CCN(S(=O)(=O)c2cccc(Cl)c2Cl)CC1. The van der Waals surface area contributed by atoms with Crippen molar-refractivity contribution in [2.75, 3.05) is 26.2 Å². The molecule has 6 nitrogen and oxygen atoms in total. The van der Waals surface area contributed by atoms with E-state index in [1.807, 2.05) is 0 Å². The predicted molar refractivity (Wildman–Crippen MR) is 94.6 cm³/mol. The summed E-state index contributed by atoms with van der Waals surface area (Å²) in [4.78, 5) is 13.9. The molecule has 24 heavy (non-hydrogen) atoms. The number of nitrogens with two attached hydrogens (primary N) is 1. The van der Waals surface area contributed by atoms with Gasteiger partial charge in [-0.05, 0) is 19.1 Å². The normalized spacial score (nSPS) is 19.1. The molecule has 134 valence electrons. The van der Waals surface area contributed by atoms with Crippen molar-refractivity contribution in [1.29, 1.82) is 0 Å². The standard InChI is InChI=1S/C15H21Cl2N3O3S/c1-10(11(2)18)15(21)19-6-8-20(9-7-19)24(22,23)13-5-3-4-12(16)14(13)17/h3-5,10-11H,6-9,18H2,1-2H3. The molecule has 1 aromatic carbocycles. The molecule has 1 aliphatic rings. The highest BCUT2D eigenvalue weighted by atomic mass is 35.5. The summed E-state index contributed by atoms with van der Waals surface area (Å²) in [5, 5.41) is 0.209. The van der Waals surface area contributed by atoms with E-state index in [1.54, 1.807) is 24.8 Å². The van der Waals surface area contributed by atoms with Crippen LogP contribution in [0.15, 0.2) is 23.1 Å². The topological polar surface area (TPSA) is 83.7 Å². The number of benzene rings is 1. The van der Waals surface area contributed by atoms with Gasteiger partial charge in [-0.25, -0.2) is 8.42 Å². The zero-order valence-corrected chi connectivity index (χ0v) is 15.9. The molecule has 1 aromatic rings. The maximum Gasteiger partial charge on any atom is 0.244 e. The summed E-state index contributed by atoms with van der Waals surface area (Å²) in [6.45, 7) is 4.64. The van der Waals surface area contributed by atoms with Gasteiger partial charge in [-0.1, -0.05) is 36.2 Å². The van der Waals surface area contributed by atoms with Crippen LogP contribution in [-0.4, -0.2) is 55.8 Å². The number of halogens is 2. The Hall–Kier alpha value is -0.860. The lowest BCUT2D eigenvalue weighted by Crippen LogP contribution is -2.53. The van der Waals surface area contributed by atoms with Crippen LogP contribution in [0.1, 0.15) is 13.8 Å². The molecule has 2 atom stereocenters. The summed E-state index contributed by atoms with van der Waals surface area (Å²) in [7, 11) is -3.75. The number of carbonyl (C=O) groups is 1. The van der Waals surface area contributed by atoms with Crippen LogP contribution in [0.2, 0.25) is 10.0 Å². The van der Waals surface area contributed by atoms with Gasteiger partial charge in [-0.3, -0.25) is 4.79 Å². The van der Waals surface area contributed by atoms with E-state index in [0.29, 0.717) is 13.1 Å². The number of sulfonamides is 1. The average Bonchev–Trinajstić information content (AvgIpc) is 2.55. The van der Waals surface area contributed by atoms with Crippen LogP contribution in [0.4, 0.5) is 0 Å². The quantitative estimate of drug-likeness (QED) is 0.844. The number of nitrogens with zero attached hydrogens (tertiary/aromatic N) is 2. The first-order chi connectivity index (χ1) is 11.2. The second kappa shape index (κ2) is 7.58.